The fourth-order valence-corrected chi connectivity index (χ4v) is 3.18. The molecule has 21 heavy (non-hydrogen) atoms. The summed E-state index contributed by atoms with van der Waals surface area (Å²) >= 11 is 0. The number of hydrogen-bond donors (Lipinski definition) is 1. The Bertz CT molecular complexity index is 627. The normalized spacial score (nSPS) is 18.7. The van der Waals surface area contributed by atoms with Crippen molar-refractivity contribution in [1.29, 1.82) is 0 Å². The average Bonchev–Trinajstić information content (AvgIpc) is 2.92. The van der Waals surface area contributed by atoms with Crippen molar-refractivity contribution in [3.05, 3.63) is 29.8 Å². The third-order valence-corrected chi connectivity index (χ3v) is 4.74. The lowest BCUT2D eigenvalue weighted by atomic mass is 10.2. The molecule has 1 aliphatic rings. The number of nitrogens with one attached hydrogen (secondary N) is 1. The molecular weight excluding hydrogens is 304 g/mol. The summed E-state index contributed by atoms with van der Waals surface area (Å²) in [6.07, 6.45) is 1.63. The summed E-state index contributed by atoms with van der Waals surface area (Å²) in [5.74, 6) is -3.92. The van der Waals surface area contributed by atoms with Gasteiger partial charge in [-0.3, -0.25) is 4.79 Å². The number of carbonyl (C=O) groups excluding carboxylic acids is 1. The van der Waals surface area contributed by atoms with Crippen LogP contribution in [0.15, 0.2) is 23.1 Å². The molecule has 2 rings (SSSR count). The summed E-state index contributed by atoms with van der Waals surface area (Å²) in [5, 5.41) is 2.47. The van der Waals surface area contributed by atoms with Gasteiger partial charge in [-0.15, -0.1) is 0 Å². The lowest BCUT2D eigenvalue weighted by molar-refractivity contribution is -0.119. The summed E-state index contributed by atoms with van der Waals surface area (Å²) < 4.78 is 55.0. The smallest absolute Gasteiger partial charge is 0.235 e. The van der Waals surface area contributed by atoms with Crippen LogP contribution in [0.3, 0.4) is 0 Å². The van der Waals surface area contributed by atoms with Gasteiger partial charge in [-0.25, -0.2) is 17.2 Å². The lowest BCUT2D eigenvalue weighted by Crippen LogP contribution is -2.35. The Morgan fingerprint density at radius 1 is 1.33 bits per heavy atom. The van der Waals surface area contributed by atoms with E-state index in [1.807, 2.05) is 0 Å². The van der Waals surface area contributed by atoms with Crippen LogP contribution in [0.1, 0.15) is 12.8 Å². The van der Waals surface area contributed by atoms with E-state index in [1.54, 1.807) is 0 Å². The molecule has 0 aromatic heterocycles. The van der Waals surface area contributed by atoms with Gasteiger partial charge in [-0.2, -0.15) is 0 Å². The van der Waals surface area contributed by atoms with Crippen LogP contribution in [-0.4, -0.2) is 39.3 Å². The molecular formula is C13H15F2NO4S. The number of benzene rings is 1. The van der Waals surface area contributed by atoms with E-state index >= 15 is 0 Å². The zero-order chi connectivity index (χ0) is 15.5. The minimum absolute atomic E-state index is 0.0973. The van der Waals surface area contributed by atoms with Gasteiger partial charge in [-0.1, -0.05) is 0 Å². The highest BCUT2D eigenvalue weighted by molar-refractivity contribution is 7.92. The number of amides is 1. The summed E-state index contributed by atoms with van der Waals surface area (Å²) in [5.41, 5.74) is 0. The Balaban J connectivity index is 1.96. The maximum atomic E-state index is 13.0. The highest BCUT2D eigenvalue weighted by Gasteiger charge is 2.22. The molecule has 1 saturated heterocycles. The SMILES string of the molecule is O=C(CS(=O)(=O)c1ccc(F)c(F)c1)NCC1CCCO1. The standard InChI is InChI=1S/C13H15F2NO4S/c14-11-4-3-10(6-12(11)15)21(18,19)8-13(17)16-7-9-2-1-5-20-9/h3-4,6,9H,1-2,5,7-8H2,(H,16,17). The van der Waals surface area contributed by atoms with Crippen LogP contribution in [0.2, 0.25) is 0 Å². The van der Waals surface area contributed by atoms with Gasteiger partial charge in [0.05, 0.1) is 11.0 Å². The molecule has 1 aromatic carbocycles. The fraction of sp³-hybridized carbons (Fsp3) is 0.462. The quantitative estimate of drug-likeness (QED) is 0.823. The molecule has 1 amide bonds. The van der Waals surface area contributed by atoms with Crippen molar-refractivity contribution in [2.75, 3.05) is 18.9 Å². The van der Waals surface area contributed by atoms with Gasteiger partial charge in [0.2, 0.25) is 5.91 Å². The predicted molar refractivity (Wildman–Crippen MR) is 70.4 cm³/mol. The second-order valence-corrected chi connectivity index (χ2v) is 6.76. The van der Waals surface area contributed by atoms with Crippen molar-refractivity contribution < 1.29 is 26.7 Å². The molecule has 1 heterocycles. The first-order chi connectivity index (χ1) is 9.88. The first-order valence-corrected chi connectivity index (χ1v) is 8.10. The molecule has 116 valence electrons. The molecule has 0 spiro atoms. The molecule has 0 bridgehead atoms. The van der Waals surface area contributed by atoms with Crippen LogP contribution in [-0.2, 0) is 19.4 Å². The van der Waals surface area contributed by atoms with E-state index in [0.717, 1.165) is 18.9 Å². The Morgan fingerprint density at radius 3 is 2.71 bits per heavy atom. The van der Waals surface area contributed by atoms with Gasteiger partial charge in [0.1, 0.15) is 5.75 Å². The predicted octanol–water partition coefficient (Wildman–Crippen LogP) is 1.03. The highest BCUT2D eigenvalue weighted by atomic mass is 32.2. The summed E-state index contributed by atoms with van der Waals surface area (Å²) in [6, 6.07) is 2.21. The van der Waals surface area contributed by atoms with Crippen molar-refractivity contribution in [2.24, 2.45) is 0 Å². The molecule has 1 fully saturated rings. The summed E-state index contributed by atoms with van der Waals surface area (Å²) in [7, 11) is -4.00. The van der Waals surface area contributed by atoms with Crippen molar-refractivity contribution in [1.82, 2.24) is 5.32 Å². The Hall–Kier alpha value is -1.54. The van der Waals surface area contributed by atoms with Crippen molar-refractivity contribution in [2.45, 2.75) is 23.8 Å². The van der Waals surface area contributed by atoms with E-state index in [1.165, 1.54) is 0 Å². The van der Waals surface area contributed by atoms with Crippen LogP contribution in [0.25, 0.3) is 0 Å². The van der Waals surface area contributed by atoms with Crippen molar-refractivity contribution in [3.63, 3.8) is 0 Å². The minimum atomic E-state index is -4.00. The van der Waals surface area contributed by atoms with E-state index < -0.39 is 38.0 Å². The van der Waals surface area contributed by atoms with Crippen LogP contribution < -0.4 is 5.32 Å². The number of rotatable bonds is 5. The van der Waals surface area contributed by atoms with E-state index in [9.17, 15) is 22.0 Å². The number of hydrogen-bond acceptors (Lipinski definition) is 4. The van der Waals surface area contributed by atoms with E-state index in [2.05, 4.69) is 5.32 Å². The maximum absolute atomic E-state index is 13.0. The third kappa shape index (κ3) is 4.21. The average molecular weight is 319 g/mol. The molecule has 0 aliphatic carbocycles. The molecule has 1 aliphatic heterocycles. The van der Waals surface area contributed by atoms with Crippen molar-refractivity contribution >= 4 is 15.7 Å². The van der Waals surface area contributed by atoms with Gasteiger partial charge in [-0.05, 0) is 31.0 Å². The topological polar surface area (TPSA) is 72.5 Å². The van der Waals surface area contributed by atoms with Crippen molar-refractivity contribution in [3.8, 4) is 0 Å². The molecule has 8 heteroatoms. The Morgan fingerprint density at radius 2 is 2.10 bits per heavy atom. The molecule has 0 radical (unpaired) electrons. The van der Waals surface area contributed by atoms with Crippen LogP contribution in [0, 0.1) is 11.6 Å². The monoisotopic (exact) mass is 319 g/mol. The first-order valence-electron chi connectivity index (χ1n) is 6.44. The van der Waals surface area contributed by atoms with E-state index in [-0.39, 0.29) is 12.6 Å². The van der Waals surface area contributed by atoms with Crippen LogP contribution >= 0.6 is 0 Å². The largest absolute Gasteiger partial charge is 0.376 e. The zero-order valence-corrected chi connectivity index (χ0v) is 12.0. The van der Waals surface area contributed by atoms with Crippen LogP contribution in [0.4, 0.5) is 8.78 Å². The van der Waals surface area contributed by atoms with Gasteiger partial charge in [0.25, 0.3) is 0 Å². The van der Waals surface area contributed by atoms with E-state index in [0.29, 0.717) is 18.7 Å². The minimum Gasteiger partial charge on any atom is -0.376 e. The molecule has 1 atom stereocenters. The molecule has 1 aromatic rings. The number of halogens is 2. The zero-order valence-electron chi connectivity index (χ0n) is 11.1. The second-order valence-electron chi connectivity index (χ2n) is 4.77. The lowest BCUT2D eigenvalue weighted by Gasteiger charge is -2.11. The van der Waals surface area contributed by atoms with E-state index in [4.69, 9.17) is 4.74 Å². The molecule has 0 saturated carbocycles. The fourth-order valence-electron chi connectivity index (χ4n) is 2.01. The molecule has 5 nitrogen and oxygen atoms in total. The molecule has 1 unspecified atom stereocenters. The summed E-state index contributed by atoms with van der Waals surface area (Å²) in [4.78, 5) is 11.2. The first kappa shape index (κ1) is 15.8. The van der Waals surface area contributed by atoms with Gasteiger partial charge < -0.3 is 10.1 Å². The Labute approximate surface area is 121 Å². The highest BCUT2D eigenvalue weighted by Crippen LogP contribution is 2.15. The Kier molecular flexibility index (Phi) is 4.89. The number of carbonyl (C=O) groups is 1. The second kappa shape index (κ2) is 6.48. The third-order valence-electron chi connectivity index (χ3n) is 3.12. The van der Waals surface area contributed by atoms with Crippen LogP contribution in [0.5, 0.6) is 0 Å². The summed E-state index contributed by atoms with van der Waals surface area (Å²) in [6.45, 7) is 0.875. The maximum Gasteiger partial charge on any atom is 0.235 e. The number of ether oxygens (including phenoxy) is 1. The van der Waals surface area contributed by atoms with Gasteiger partial charge in [0, 0.05) is 13.2 Å². The number of sulfone groups is 1. The van der Waals surface area contributed by atoms with Gasteiger partial charge >= 0.3 is 0 Å². The van der Waals surface area contributed by atoms with Gasteiger partial charge in [0.15, 0.2) is 21.5 Å². The molecule has 1 N–H and O–H groups in total.